The highest BCUT2D eigenvalue weighted by molar-refractivity contribution is 5.22. The van der Waals surface area contributed by atoms with Crippen molar-refractivity contribution in [2.24, 2.45) is 5.73 Å². The third-order valence-corrected chi connectivity index (χ3v) is 3.95. The first-order valence-corrected chi connectivity index (χ1v) is 7.01. The lowest BCUT2D eigenvalue weighted by Gasteiger charge is -2.44. The first-order valence-electron chi connectivity index (χ1n) is 7.01. The maximum atomic E-state index is 13.4. The topological polar surface area (TPSA) is 49.5 Å². The summed E-state index contributed by atoms with van der Waals surface area (Å²) in [4.78, 5) is 2.24. The molecule has 2 unspecified atom stereocenters. The van der Waals surface area contributed by atoms with Crippen molar-refractivity contribution in [3.05, 3.63) is 35.6 Å². The Bertz CT molecular complexity index is 407. The van der Waals surface area contributed by atoms with Gasteiger partial charge in [-0.25, -0.2) is 4.39 Å². The largest absolute Gasteiger partial charge is 0.395 e. The smallest absolute Gasteiger partial charge is 0.123 e. The Morgan fingerprint density at radius 2 is 2.21 bits per heavy atom. The predicted molar refractivity (Wildman–Crippen MR) is 74.2 cm³/mol. The van der Waals surface area contributed by atoms with Crippen LogP contribution < -0.4 is 5.73 Å². The van der Waals surface area contributed by atoms with Crippen molar-refractivity contribution in [2.75, 3.05) is 13.2 Å². The van der Waals surface area contributed by atoms with Crippen LogP contribution in [0.25, 0.3) is 0 Å². The average Bonchev–Trinajstić information content (AvgIpc) is 2.26. The highest BCUT2D eigenvalue weighted by Crippen LogP contribution is 2.33. The summed E-state index contributed by atoms with van der Waals surface area (Å²) in [6, 6.07) is 6.96. The zero-order valence-corrected chi connectivity index (χ0v) is 11.4. The summed E-state index contributed by atoms with van der Waals surface area (Å²) in [5.41, 5.74) is 7.02. The van der Waals surface area contributed by atoms with E-state index in [1.807, 2.05) is 13.0 Å². The van der Waals surface area contributed by atoms with E-state index in [-0.39, 0.29) is 24.5 Å². The van der Waals surface area contributed by atoms with Gasteiger partial charge in [0.15, 0.2) is 0 Å². The van der Waals surface area contributed by atoms with Crippen molar-refractivity contribution in [2.45, 2.75) is 44.3 Å². The Kier molecular flexibility index (Phi) is 4.91. The minimum Gasteiger partial charge on any atom is -0.395 e. The fourth-order valence-electron chi connectivity index (χ4n) is 2.87. The fourth-order valence-corrected chi connectivity index (χ4v) is 2.87. The molecule has 3 N–H and O–H groups in total. The lowest BCUT2D eigenvalue weighted by atomic mass is 9.87. The van der Waals surface area contributed by atoms with Crippen LogP contribution in [0.2, 0.25) is 0 Å². The third kappa shape index (κ3) is 3.32. The zero-order valence-electron chi connectivity index (χ0n) is 11.4. The molecule has 1 saturated carbocycles. The molecule has 19 heavy (non-hydrogen) atoms. The Balaban J connectivity index is 2.26. The van der Waals surface area contributed by atoms with Crippen molar-refractivity contribution in [3.63, 3.8) is 0 Å². The Morgan fingerprint density at radius 1 is 1.47 bits per heavy atom. The van der Waals surface area contributed by atoms with Crippen LogP contribution in [0.15, 0.2) is 24.3 Å². The van der Waals surface area contributed by atoms with Crippen LogP contribution in [-0.4, -0.2) is 35.2 Å². The SMILES string of the molecule is CC(N)C(c1cccc(F)c1)N(CCO)C1CCC1. The molecule has 106 valence electrons. The van der Waals surface area contributed by atoms with E-state index < -0.39 is 0 Å². The minimum absolute atomic E-state index is 0.0341. The predicted octanol–water partition coefficient (Wildman–Crippen LogP) is 2.06. The molecule has 2 rings (SSSR count). The highest BCUT2D eigenvalue weighted by atomic mass is 19.1. The number of nitrogens with two attached hydrogens (primary N) is 1. The average molecular weight is 266 g/mol. The van der Waals surface area contributed by atoms with Crippen LogP contribution >= 0.6 is 0 Å². The number of rotatable bonds is 6. The second kappa shape index (κ2) is 6.46. The molecule has 0 bridgehead atoms. The van der Waals surface area contributed by atoms with E-state index in [0.29, 0.717) is 12.6 Å². The number of hydrogen-bond donors (Lipinski definition) is 2. The van der Waals surface area contributed by atoms with E-state index in [1.54, 1.807) is 12.1 Å². The molecule has 2 atom stereocenters. The normalized spacial score (nSPS) is 19.2. The number of hydrogen-bond acceptors (Lipinski definition) is 3. The van der Waals surface area contributed by atoms with E-state index in [2.05, 4.69) is 4.90 Å². The van der Waals surface area contributed by atoms with Gasteiger partial charge >= 0.3 is 0 Å². The molecule has 0 radical (unpaired) electrons. The van der Waals surface area contributed by atoms with Crippen molar-refractivity contribution in [1.82, 2.24) is 4.90 Å². The maximum absolute atomic E-state index is 13.4. The molecule has 1 aliphatic carbocycles. The molecule has 1 aromatic rings. The van der Waals surface area contributed by atoms with Gasteiger partial charge in [-0.2, -0.15) is 0 Å². The summed E-state index contributed by atoms with van der Waals surface area (Å²) in [5, 5.41) is 9.28. The first-order chi connectivity index (χ1) is 9.13. The van der Waals surface area contributed by atoms with Crippen LogP contribution in [0.1, 0.15) is 37.8 Å². The van der Waals surface area contributed by atoms with Gasteiger partial charge in [-0.15, -0.1) is 0 Å². The lowest BCUT2D eigenvalue weighted by Crippen LogP contribution is -2.49. The molecule has 0 aliphatic heterocycles. The van der Waals surface area contributed by atoms with E-state index in [0.717, 1.165) is 18.4 Å². The van der Waals surface area contributed by atoms with E-state index in [1.165, 1.54) is 12.5 Å². The molecule has 0 spiro atoms. The molecule has 1 fully saturated rings. The molecule has 0 amide bonds. The summed E-state index contributed by atoms with van der Waals surface area (Å²) in [5.74, 6) is -0.235. The Hall–Kier alpha value is -0.970. The van der Waals surface area contributed by atoms with Gasteiger partial charge in [-0.05, 0) is 37.5 Å². The van der Waals surface area contributed by atoms with Crippen molar-refractivity contribution < 1.29 is 9.50 Å². The van der Waals surface area contributed by atoms with E-state index in [9.17, 15) is 9.50 Å². The monoisotopic (exact) mass is 266 g/mol. The maximum Gasteiger partial charge on any atom is 0.123 e. The van der Waals surface area contributed by atoms with Gasteiger partial charge < -0.3 is 10.8 Å². The number of halogens is 1. The molecule has 1 aromatic carbocycles. The zero-order chi connectivity index (χ0) is 13.8. The summed E-state index contributed by atoms with van der Waals surface area (Å²) < 4.78 is 13.4. The van der Waals surface area contributed by atoms with Crippen LogP contribution in [0, 0.1) is 5.82 Å². The fraction of sp³-hybridized carbons (Fsp3) is 0.600. The Labute approximate surface area is 114 Å². The van der Waals surface area contributed by atoms with Gasteiger partial charge in [-0.1, -0.05) is 18.6 Å². The van der Waals surface area contributed by atoms with Gasteiger partial charge in [0.25, 0.3) is 0 Å². The molecule has 4 heteroatoms. The third-order valence-electron chi connectivity index (χ3n) is 3.95. The summed E-state index contributed by atoms with van der Waals surface area (Å²) in [6.07, 6.45) is 3.50. The summed E-state index contributed by atoms with van der Waals surface area (Å²) >= 11 is 0. The van der Waals surface area contributed by atoms with Gasteiger partial charge in [0.1, 0.15) is 5.82 Å². The van der Waals surface area contributed by atoms with Crippen LogP contribution in [0.3, 0.4) is 0 Å². The molecule has 3 nitrogen and oxygen atoms in total. The first kappa shape index (κ1) is 14.4. The van der Waals surface area contributed by atoms with Gasteiger partial charge in [0.05, 0.1) is 12.6 Å². The van der Waals surface area contributed by atoms with Crippen molar-refractivity contribution in [1.29, 1.82) is 0 Å². The summed E-state index contributed by atoms with van der Waals surface area (Å²) in [6.45, 7) is 2.64. The van der Waals surface area contributed by atoms with Crippen LogP contribution in [-0.2, 0) is 0 Å². The molecule has 0 saturated heterocycles. The second-order valence-corrected chi connectivity index (χ2v) is 5.41. The van der Waals surface area contributed by atoms with Crippen LogP contribution in [0.5, 0.6) is 0 Å². The molecule has 0 aromatic heterocycles. The van der Waals surface area contributed by atoms with Gasteiger partial charge in [0, 0.05) is 18.6 Å². The number of aliphatic hydroxyl groups excluding tert-OH is 1. The molecular formula is C15H23FN2O. The Morgan fingerprint density at radius 3 is 2.68 bits per heavy atom. The molecule has 1 aliphatic rings. The molecule has 0 heterocycles. The standard InChI is InChI=1S/C15H23FN2O/c1-11(17)15(12-4-2-5-13(16)10-12)18(8-9-19)14-6-3-7-14/h2,4-5,10-11,14-15,19H,3,6-9,17H2,1H3. The number of benzene rings is 1. The number of aliphatic hydroxyl groups is 1. The molecular weight excluding hydrogens is 243 g/mol. The van der Waals surface area contributed by atoms with E-state index >= 15 is 0 Å². The van der Waals surface area contributed by atoms with E-state index in [4.69, 9.17) is 5.73 Å². The van der Waals surface area contributed by atoms with Gasteiger partial charge in [-0.3, -0.25) is 4.90 Å². The quantitative estimate of drug-likeness (QED) is 0.828. The second-order valence-electron chi connectivity index (χ2n) is 5.41. The van der Waals surface area contributed by atoms with Crippen LogP contribution in [0.4, 0.5) is 4.39 Å². The number of nitrogens with zero attached hydrogens (tertiary/aromatic N) is 1. The summed E-state index contributed by atoms with van der Waals surface area (Å²) in [7, 11) is 0. The van der Waals surface area contributed by atoms with Crippen molar-refractivity contribution in [3.8, 4) is 0 Å². The van der Waals surface area contributed by atoms with Gasteiger partial charge in [0.2, 0.25) is 0 Å². The minimum atomic E-state index is -0.235. The lowest BCUT2D eigenvalue weighted by molar-refractivity contribution is 0.0502. The van der Waals surface area contributed by atoms with Crippen molar-refractivity contribution >= 4 is 0 Å². The highest BCUT2D eigenvalue weighted by Gasteiger charge is 2.32.